The summed E-state index contributed by atoms with van der Waals surface area (Å²) in [7, 11) is 0. The van der Waals surface area contributed by atoms with Crippen LogP contribution in [0.2, 0.25) is 0 Å². The van der Waals surface area contributed by atoms with E-state index < -0.39 is 5.82 Å². The van der Waals surface area contributed by atoms with Gasteiger partial charge in [0.1, 0.15) is 11.6 Å². The molecule has 4 rings (SSSR count). The van der Waals surface area contributed by atoms with Crippen LogP contribution in [-0.4, -0.2) is 53.0 Å². The second-order valence-corrected chi connectivity index (χ2v) is 8.00. The Kier molecular flexibility index (Phi) is 6.13. The molecule has 31 heavy (non-hydrogen) atoms. The highest BCUT2D eigenvalue weighted by Crippen LogP contribution is 2.27. The van der Waals surface area contributed by atoms with E-state index in [1.807, 2.05) is 12.1 Å². The number of carbonyl (C=O) groups is 2. The zero-order valence-electron chi connectivity index (χ0n) is 16.6. The number of hydrogen-bond donors (Lipinski definition) is 2. The van der Waals surface area contributed by atoms with Gasteiger partial charge in [0.25, 0.3) is 5.91 Å². The number of para-hydroxylation sites is 2. The first-order chi connectivity index (χ1) is 15.0. The SMILES string of the molecule is O=C(Nc1nc(CC(=O)N2CCN(c3ccccc3O)CC2)cs1)c1ccc(F)cc1. The Morgan fingerprint density at radius 2 is 1.77 bits per heavy atom. The van der Waals surface area contributed by atoms with Crippen molar-refractivity contribution in [3.05, 3.63) is 71.0 Å². The van der Waals surface area contributed by atoms with E-state index in [-0.39, 0.29) is 24.0 Å². The molecule has 2 aromatic carbocycles. The molecular formula is C22H21FN4O3S. The zero-order chi connectivity index (χ0) is 21.8. The topological polar surface area (TPSA) is 85.8 Å². The Morgan fingerprint density at radius 1 is 1.06 bits per heavy atom. The van der Waals surface area contributed by atoms with Gasteiger partial charge in [-0.05, 0) is 36.4 Å². The van der Waals surface area contributed by atoms with Gasteiger partial charge in [-0.2, -0.15) is 0 Å². The highest BCUT2D eigenvalue weighted by atomic mass is 32.1. The van der Waals surface area contributed by atoms with Gasteiger partial charge in [0.05, 0.1) is 17.8 Å². The molecule has 0 saturated carbocycles. The predicted octanol–water partition coefficient (Wildman–Crippen LogP) is 3.13. The van der Waals surface area contributed by atoms with E-state index in [4.69, 9.17) is 0 Å². The van der Waals surface area contributed by atoms with E-state index >= 15 is 0 Å². The van der Waals surface area contributed by atoms with Crippen molar-refractivity contribution in [3.63, 3.8) is 0 Å². The number of piperazine rings is 1. The van der Waals surface area contributed by atoms with Crippen LogP contribution < -0.4 is 10.2 Å². The van der Waals surface area contributed by atoms with Gasteiger partial charge >= 0.3 is 0 Å². The van der Waals surface area contributed by atoms with E-state index in [1.54, 1.807) is 22.4 Å². The number of phenolic OH excluding ortho intramolecular Hbond substituents is 1. The molecule has 0 bridgehead atoms. The Labute approximate surface area is 182 Å². The van der Waals surface area contributed by atoms with E-state index in [0.29, 0.717) is 42.6 Å². The van der Waals surface area contributed by atoms with Gasteiger partial charge < -0.3 is 14.9 Å². The minimum atomic E-state index is -0.409. The average Bonchev–Trinajstić information content (AvgIpc) is 3.21. The molecule has 0 aliphatic carbocycles. The number of benzene rings is 2. The molecule has 1 saturated heterocycles. The number of phenols is 1. The van der Waals surface area contributed by atoms with Crippen molar-refractivity contribution in [1.29, 1.82) is 0 Å². The fourth-order valence-electron chi connectivity index (χ4n) is 3.41. The van der Waals surface area contributed by atoms with Crippen LogP contribution in [0.15, 0.2) is 53.9 Å². The van der Waals surface area contributed by atoms with Crippen molar-refractivity contribution in [2.24, 2.45) is 0 Å². The van der Waals surface area contributed by atoms with Crippen LogP contribution in [0.25, 0.3) is 0 Å². The van der Waals surface area contributed by atoms with Crippen molar-refractivity contribution < 1.29 is 19.1 Å². The number of thiazole rings is 1. The second-order valence-electron chi connectivity index (χ2n) is 7.14. The molecule has 1 aliphatic heterocycles. The van der Waals surface area contributed by atoms with Crippen LogP contribution in [0.3, 0.4) is 0 Å². The van der Waals surface area contributed by atoms with Crippen molar-refractivity contribution >= 4 is 34.0 Å². The number of anilines is 2. The van der Waals surface area contributed by atoms with Crippen molar-refractivity contribution in [1.82, 2.24) is 9.88 Å². The smallest absolute Gasteiger partial charge is 0.257 e. The second kappa shape index (κ2) is 9.13. The number of nitrogens with one attached hydrogen (secondary N) is 1. The Balaban J connectivity index is 1.30. The molecule has 1 aliphatic rings. The van der Waals surface area contributed by atoms with Crippen molar-refractivity contribution in [2.75, 3.05) is 36.4 Å². The van der Waals surface area contributed by atoms with Gasteiger partial charge in [0.2, 0.25) is 5.91 Å². The number of carbonyl (C=O) groups excluding carboxylic acids is 2. The van der Waals surface area contributed by atoms with Gasteiger partial charge in [-0.3, -0.25) is 14.9 Å². The van der Waals surface area contributed by atoms with E-state index in [1.165, 1.54) is 35.6 Å². The summed E-state index contributed by atoms with van der Waals surface area (Å²) in [5, 5.41) is 14.8. The Hall–Kier alpha value is -3.46. The number of halogens is 1. The first-order valence-electron chi connectivity index (χ1n) is 9.81. The maximum atomic E-state index is 13.0. The maximum absolute atomic E-state index is 13.0. The Bertz CT molecular complexity index is 1080. The molecule has 1 aromatic heterocycles. The summed E-state index contributed by atoms with van der Waals surface area (Å²) in [4.78, 5) is 33.0. The van der Waals surface area contributed by atoms with E-state index in [2.05, 4.69) is 15.2 Å². The summed E-state index contributed by atoms with van der Waals surface area (Å²) < 4.78 is 13.0. The fraction of sp³-hybridized carbons (Fsp3) is 0.227. The molecule has 0 atom stereocenters. The summed E-state index contributed by atoms with van der Waals surface area (Å²) in [6.07, 6.45) is 0.152. The number of amides is 2. The molecule has 0 radical (unpaired) electrons. The number of aromatic nitrogens is 1. The molecule has 9 heteroatoms. The molecule has 0 spiro atoms. The molecule has 160 valence electrons. The van der Waals surface area contributed by atoms with Crippen LogP contribution in [0, 0.1) is 5.82 Å². The van der Waals surface area contributed by atoms with Crippen molar-refractivity contribution in [2.45, 2.75) is 6.42 Å². The molecule has 0 unspecified atom stereocenters. The number of nitrogens with zero attached hydrogens (tertiary/aromatic N) is 3. The monoisotopic (exact) mass is 440 g/mol. The van der Waals surface area contributed by atoms with Gasteiger partial charge in [0.15, 0.2) is 5.13 Å². The molecule has 1 fully saturated rings. The summed E-state index contributed by atoms with van der Waals surface area (Å²) in [5.41, 5.74) is 1.69. The third-order valence-corrected chi connectivity index (χ3v) is 5.87. The van der Waals surface area contributed by atoms with Gasteiger partial charge in [0, 0.05) is 37.1 Å². The standard InChI is InChI=1S/C22H21FN4O3S/c23-16-7-5-15(6-8-16)21(30)25-22-24-17(14-31-22)13-20(29)27-11-9-26(10-12-27)18-3-1-2-4-19(18)28/h1-8,14,28H,9-13H2,(H,24,25,30). The zero-order valence-corrected chi connectivity index (χ0v) is 17.4. The lowest BCUT2D eigenvalue weighted by atomic mass is 10.2. The van der Waals surface area contributed by atoms with Gasteiger partial charge in [-0.1, -0.05) is 12.1 Å². The first-order valence-corrected chi connectivity index (χ1v) is 10.7. The fourth-order valence-corrected chi connectivity index (χ4v) is 4.12. The first kappa shape index (κ1) is 20.8. The van der Waals surface area contributed by atoms with E-state index in [0.717, 1.165) is 5.69 Å². The number of hydrogen-bond acceptors (Lipinski definition) is 6. The highest BCUT2D eigenvalue weighted by Gasteiger charge is 2.23. The van der Waals surface area contributed by atoms with Crippen LogP contribution >= 0.6 is 11.3 Å². The third kappa shape index (κ3) is 5.00. The maximum Gasteiger partial charge on any atom is 0.257 e. The molecule has 7 nitrogen and oxygen atoms in total. The highest BCUT2D eigenvalue weighted by molar-refractivity contribution is 7.14. The van der Waals surface area contributed by atoms with E-state index in [9.17, 15) is 19.1 Å². The third-order valence-electron chi connectivity index (χ3n) is 5.07. The molecule has 2 amide bonds. The molecule has 2 heterocycles. The van der Waals surface area contributed by atoms with Gasteiger partial charge in [-0.25, -0.2) is 9.37 Å². The van der Waals surface area contributed by atoms with Crippen LogP contribution in [-0.2, 0) is 11.2 Å². The lowest BCUT2D eigenvalue weighted by Crippen LogP contribution is -2.49. The average molecular weight is 441 g/mol. The predicted molar refractivity (Wildman–Crippen MR) is 117 cm³/mol. The minimum Gasteiger partial charge on any atom is -0.506 e. The summed E-state index contributed by atoms with van der Waals surface area (Å²) in [6, 6.07) is 12.4. The minimum absolute atomic E-state index is 0.0290. The normalized spacial score (nSPS) is 13.8. The van der Waals surface area contributed by atoms with Crippen LogP contribution in [0.4, 0.5) is 15.2 Å². The van der Waals surface area contributed by atoms with Gasteiger partial charge in [-0.15, -0.1) is 11.3 Å². The summed E-state index contributed by atoms with van der Waals surface area (Å²) >= 11 is 1.24. The van der Waals surface area contributed by atoms with Crippen LogP contribution in [0.5, 0.6) is 5.75 Å². The number of aromatic hydroxyl groups is 1. The lowest BCUT2D eigenvalue weighted by molar-refractivity contribution is -0.130. The van der Waals surface area contributed by atoms with Crippen molar-refractivity contribution in [3.8, 4) is 5.75 Å². The quantitative estimate of drug-likeness (QED) is 0.637. The molecule has 3 aromatic rings. The Morgan fingerprint density at radius 3 is 2.48 bits per heavy atom. The molecular weight excluding hydrogens is 419 g/mol. The number of rotatable bonds is 5. The lowest BCUT2D eigenvalue weighted by Gasteiger charge is -2.36. The summed E-state index contributed by atoms with van der Waals surface area (Å²) in [5.74, 6) is -0.584. The van der Waals surface area contributed by atoms with Crippen LogP contribution in [0.1, 0.15) is 16.1 Å². The molecule has 2 N–H and O–H groups in total. The largest absolute Gasteiger partial charge is 0.506 e. The summed E-state index contributed by atoms with van der Waals surface area (Å²) in [6.45, 7) is 2.40.